The monoisotopic (exact) mass is 432 g/mol. The van der Waals surface area contributed by atoms with Gasteiger partial charge in [0.05, 0.1) is 19.0 Å². The Kier molecular flexibility index (Phi) is 6.21. The van der Waals surface area contributed by atoms with Crippen LogP contribution in [0.15, 0.2) is 66.9 Å². The second-order valence-electron chi connectivity index (χ2n) is 7.39. The van der Waals surface area contributed by atoms with E-state index >= 15 is 0 Å². The number of anilines is 3. The van der Waals surface area contributed by atoms with Crippen molar-refractivity contribution < 1.29 is 19.4 Å². The lowest BCUT2D eigenvalue weighted by molar-refractivity contribution is 0.0696. The molecule has 1 saturated heterocycles. The van der Waals surface area contributed by atoms with Crippen LogP contribution in [0, 0.1) is 0 Å². The Bertz CT molecular complexity index is 1090. The predicted octanol–water partition coefficient (Wildman–Crippen LogP) is 3.37. The number of methoxy groups -OCH3 is 1. The number of nitrogens with one attached hydrogen (secondary N) is 1. The van der Waals surface area contributed by atoms with Gasteiger partial charge in [-0.25, -0.2) is 9.78 Å². The van der Waals surface area contributed by atoms with Gasteiger partial charge in [0, 0.05) is 37.4 Å². The lowest BCUT2D eigenvalue weighted by Gasteiger charge is -2.37. The van der Waals surface area contributed by atoms with Crippen LogP contribution < -0.4 is 19.9 Å². The number of piperazine rings is 1. The summed E-state index contributed by atoms with van der Waals surface area (Å²) in [5.74, 6) is -0.380. The van der Waals surface area contributed by atoms with Crippen LogP contribution in [-0.2, 0) is 0 Å². The van der Waals surface area contributed by atoms with E-state index in [2.05, 4.69) is 27.3 Å². The Balaban J connectivity index is 1.47. The molecule has 2 aromatic carbocycles. The number of para-hydroxylation sites is 1. The maximum atomic E-state index is 12.5. The molecule has 1 aliphatic rings. The summed E-state index contributed by atoms with van der Waals surface area (Å²) in [6.45, 7) is 2.83. The van der Waals surface area contributed by atoms with Gasteiger partial charge in [-0.15, -0.1) is 0 Å². The van der Waals surface area contributed by atoms with Gasteiger partial charge in [0.25, 0.3) is 5.91 Å². The van der Waals surface area contributed by atoms with Crippen molar-refractivity contribution in [3.05, 3.63) is 78.0 Å². The largest absolute Gasteiger partial charge is 0.497 e. The van der Waals surface area contributed by atoms with Gasteiger partial charge < -0.3 is 25.0 Å². The number of ether oxygens (including phenoxy) is 1. The maximum Gasteiger partial charge on any atom is 0.339 e. The lowest BCUT2D eigenvalue weighted by atomic mass is 10.1. The van der Waals surface area contributed by atoms with Gasteiger partial charge in [-0.3, -0.25) is 4.79 Å². The number of nitrogens with zero attached hydrogens (tertiary/aromatic N) is 3. The number of pyridine rings is 1. The van der Waals surface area contributed by atoms with E-state index in [-0.39, 0.29) is 11.5 Å². The summed E-state index contributed by atoms with van der Waals surface area (Å²) in [6, 6.07) is 18.2. The highest BCUT2D eigenvalue weighted by molar-refractivity contribution is 6.05. The van der Waals surface area contributed by atoms with Gasteiger partial charge in [-0.05, 0) is 42.5 Å². The highest BCUT2D eigenvalue weighted by atomic mass is 16.5. The van der Waals surface area contributed by atoms with Crippen LogP contribution in [-0.4, -0.2) is 55.3 Å². The topological polar surface area (TPSA) is 95.0 Å². The Labute approximate surface area is 186 Å². The van der Waals surface area contributed by atoms with Gasteiger partial charge in [-0.2, -0.15) is 0 Å². The molecule has 2 heterocycles. The minimum absolute atomic E-state index is 0.0608. The number of amides is 1. The molecule has 3 aromatic rings. The fourth-order valence-electron chi connectivity index (χ4n) is 3.70. The van der Waals surface area contributed by atoms with Crippen LogP contribution in [0.1, 0.15) is 20.7 Å². The second kappa shape index (κ2) is 9.38. The van der Waals surface area contributed by atoms with E-state index in [1.54, 1.807) is 31.4 Å². The SMILES string of the molecule is COc1ccc(C(=O)Nc2cnc(N3CCN(c4ccccc4)CC3)c(C(=O)O)c2)cc1. The third-order valence-electron chi connectivity index (χ3n) is 5.41. The summed E-state index contributed by atoms with van der Waals surface area (Å²) in [5.41, 5.74) is 1.97. The minimum atomic E-state index is -1.08. The van der Waals surface area contributed by atoms with Gasteiger partial charge in [0.2, 0.25) is 0 Å². The molecule has 1 fully saturated rings. The van der Waals surface area contributed by atoms with Crippen molar-refractivity contribution in [2.75, 3.05) is 48.4 Å². The van der Waals surface area contributed by atoms with Crippen molar-refractivity contribution in [3.63, 3.8) is 0 Å². The van der Waals surface area contributed by atoms with Crippen molar-refractivity contribution in [2.45, 2.75) is 0 Å². The molecule has 0 spiro atoms. The molecule has 32 heavy (non-hydrogen) atoms. The molecule has 1 amide bonds. The summed E-state index contributed by atoms with van der Waals surface area (Å²) < 4.78 is 5.10. The molecule has 1 aromatic heterocycles. The molecular formula is C24H24N4O4. The number of carboxylic acids is 1. The highest BCUT2D eigenvalue weighted by Gasteiger charge is 2.23. The molecule has 0 aliphatic carbocycles. The van der Waals surface area contributed by atoms with Crippen molar-refractivity contribution in [2.24, 2.45) is 0 Å². The van der Waals surface area contributed by atoms with E-state index in [1.807, 2.05) is 23.1 Å². The molecule has 0 radical (unpaired) electrons. The Morgan fingerprint density at radius 3 is 2.25 bits per heavy atom. The number of aromatic nitrogens is 1. The number of benzene rings is 2. The molecule has 0 saturated carbocycles. The number of carbonyl (C=O) groups is 2. The predicted molar refractivity (Wildman–Crippen MR) is 123 cm³/mol. The van der Waals surface area contributed by atoms with Gasteiger partial charge in [0.1, 0.15) is 17.1 Å². The normalized spacial score (nSPS) is 13.5. The molecule has 4 rings (SSSR count). The Morgan fingerprint density at radius 2 is 1.62 bits per heavy atom. The first-order chi connectivity index (χ1) is 15.5. The zero-order valence-electron chi connectivity index (χ0n) is 17.7. The van der Waals surface area contributed by atoms with Crippen LogP contribution in [0.5, 0.6) is 5.75 Å². The van der Waals surface area contributed by atoms with E-state index in [4.69, 9.17) is 4.74 Å². The zero-order chi connectivity index (χ0) is 22.5. The summed E-state index contributed by atoms with van der Waals surface area (Å²) in [4.78, 5) is 33.1. The molecule has 8 heteroatoms. The van der Waals surface area contributed by atoms with Crippen molar-refractivity contribution in [3.8, 4) is 5.75 Å². The first kappa shape index (κ1) is 21.2. The van der Waals surface area contributed by atoms with E-state index in [9.17, 15) is 14.7 Å². The van der Waals surface area contributed by atoms with Crippen LogP contribution in [0.2, 0.25) is 0 Å². The van der Waals surface area contributed by atoms with Gasteiger partial charge in [0.15, 0.2) is 0 Å². The molecule has 8 nitrogen and oxygen atoms in total. The van der Waals surface area contributed by atoms with E-state index in [1.165, 1.54) is 12.3 Å². The van der Waals surface area contributed by atoms with Crippen molar-refractivity contribution in [1.82, 2.24) is 4.98 Å². The number of hydrogen-bond acceptors (Lipinski definition) is 6. The summed E-state index contributed by atoms with van der Waals surface area (Å²) in [5, 5.41) is 12.5. The molecular weight excluding hydrogens is 408 g/mol. The molecule has 0 bridgehead atoms. The average Bonchev–Trinajstić information content (AvgIpc) is 2.84. The first-order valence-corrected chi connectivity index (χ1v) is 10.3. The number of carboxylic acid groups (broad SMARTS) is 1. The van der Waals surface area contributed by atoms with Crippen LogP contribution in [0.4, 0.5) is 17.2 Å². The zero-order valence-corrected chi connectivity index (χ0v) is 17.7. The fourth-order valence-corrected chi connectivity index (χ4v) is 3.70. The van der Waals surface area contributed by atoms with Crippen LogP contribution in [0.3, 0.4) is 0 Å². The van der Waals surface area contributed by atoms with Crippen LogP contribution in [0.25, 0.3) is 0 Å². The second-order valence-corrected chi connectivity index (χ2v) is 7.39. The number of hydrogen-bond donors (Lipinski definition) is 2. The third kappa shape index (κ3) is 4.64. The summed E-state index contributed by atoms with van der Waals surface area (Å²) in [6.07, 6.45) is 1.49. The van der Waals surface area contributed by atoms with Crippen LogP contribution >= 0.6 is 0 Å². The van der Waals surface area contributed by atoms with Gasteiger partial charge in [-0.1, -0.05) is 18.2 Å². The molecule has 164 valence electrons. The number of rotatable bonds is 6. The van der Waals surface area contributed by atoms with E-state index < -0.39 is 5.97 Å². The summed E-state index contributed by atoms with van der Waals surface area (Å²) >= 11 is 0. The van der Waals surface area contributed by atoms with Crippen molar-refractivity contribution >= 4 is 29.1 Å². The molecule has 2 N–H and O–H groups in total. The minimum Gasteiger partial charge on any atom is -0.497 e. The van der Waals surface area contributed by atoms with Crippen molar-refractivity contribution in [1.29, 1.82) is 0 Å². The molecule has 1 aliphatic heterocycles. The lowest BCUT2D eigenvalue weighted by Crippen LogP contribution is -2.47. The summed E-state index contributed by atoms with van der Waals surface area (Å²) in [7, 11) is 1.55. The van der Waals surface area contributed by atoms with E-state index in [0.717, 1.165) is 18.8 Å². The highest BCUT2D eigenvalue weighted by Crippen LogP contribution is 2.25. The number of aromatic carboxylic acids is 1. The first-order valence-electron chi connectivity index (χ1n) is 10.3. The number of carbonyl (C=O) groups excluding carboxylic acids is 1. The van der Waals surface area contributed by atoms with Gasteiger partial charge >= 0.3 is 5.97 Å². The average molecular weight is 432 g/mol. The molecule has 0 unspecified atom stereocenters. The maximum absolute atomic E-state index is 12.5. The Morgan fingerprint density at radius 1 is 0.969 bits per heavy atom. The third-order valence-corrected chi connectivity index (χ3v) is 5.41. The smallest absolute Gasteiger partial charge is 0.339 e. The van der Waals surface area contributed by atoms with E-state index in [0.29, 0.717) is 35.9 Å². The fraction of sp³-hybridized carbons (Fsp3) is 0.208. The Hall–Kier alpha value is -4.07. The molecule has 0 atom stereocenters. The standard InChI is InChI=1S/C24H24N4O4/c1-32-20-9-7-17(8-10-20)23(29)26-18-15-21(24(30)31)22(25-16-18)28-13-11-27(12-14-28)19-5-3-2-4-6-19/h2-10,15-16H,11-14H2,1H3,(H,26,29)(H,30,31). The quantitative estimate of drug-likeness (QED) is 0.617.